The molecule has 2 aromatic carbocycles. The number of aromatic nitrogens is 2. The van der Waals surface area contributed by atoms with Gasteiger partial charge in [-0.25, -0.2) is 0 Å². The quantitative estimate of drug-likeness (QED) is 0.765. The minimum absolute atomic E-state index is 0.747. The first kappa shape index (κ1) is 13.7. The summed E-state index contributed by atoms with van der Waals surface area (Å²) in [6.07, 6.45) is 3.76. The Labute approximate surface area is 129 Å². The molecule has 0 unspecified atom stereocenters. The summed E-state index contributed by atoms with van der Waals surface area (Å²) in [6.45, 7) is 1.50. The number of nitrogens with one attached hydrogen (secondary N) is 1. The number of anilines is 1. The summed E-state index contributed by atoms with van der Waals surface area (Å²) in [5, 5.41) is 8.49. The average Bonchev–Trinajstić information content (AvgIpc) is 2.99. The Balaban J connectivity index is 1.73. The van der Waals surface area contributed by atoms with Gasteiger partial charge in [0.15, 0.2) is 0 Å². The lowest BCUT2D eigenvalue weighted by atomic mass is 10.1. The summed E-state index contributed by atoms with van der Waals surface area (Å²) in [5.41, 5.74) is 3.49. The van der Waals surface area contributed by atoms with Crippen LogP contribution in [-0.2, 0) is 13.1 Å². The third kappa shape index (κ3) is 3.64. The van der Waals surface area contributed by atoms with Crippen LogP contribution in [0.4, 0.5) is 5.69 Å². The van der Waals surface area contributed by atoms with Crippen molar-refractivity contribution in [3.05, 3.63) is 83.1 Å². The minimum atomic E-state index is 0.747. The van der Waals surface area contributed by atoms with Crippen molar-refractivity contribution in [2.45, 2.75) is 13.1 Å². The molecule has 0 spiro atoms. The van der Waals surface area contributed by atoms with E-state index in [2.05, 4.69) is 28.6 Å². The third-order valence-electron chi connectivity index (χ3n) is 3.28. The monoisotopic (exact) mass is 297 g/mol. The van der Waals surface area contributed by atoms with Gasteiger partial charge in [-0.2, -0.15) is 5.10 Å². The molecule has 0 fully saturated rings. The van der Waals surface area contributed by atoms with Crippen LogP contribution in [0.25, 0.3) is 0 Å². The first-order valence-corrected chi connectivity index (χ1v) is 7.23. The molecule has 0 aliphatic heterocycles. The van der Waals surface area contributed by atoms with E-state index in [0.717, 1.165) is 29.4 Å². The van der Waals surface area contributed by atoms with Gasteiger partial charge < -0.3 is 5.32 Å². The van der Waals surface area contributed by atoms with Gasteiger partial charge in [-0.05, 0) is 35.4 Å². The Morgan fingerprint density at radius 1 is 1.05 bits per heavy atom. The fraction of sp³-hybridized carbons (Fsp3) is 0.118. The largest absolute Gasteiger partial charge is 0.381 e. The maximum atomic E-state index is 6.01. The van der Waals surface area contributed by atoms with E-state index in [1.165, 1.54) is 5.56 Å². The van der Waals surface area contributed by atoms with Crippen LogP contribution in [0.1, 0.15) is 11.1 Å². The number of nitrogens with zero attached hydrogens (tertiary/aromatic N) is 2. The van der Waals surface area contributed by atoms with Gasteiger partial charge in [0.25, 0.3) is 0 Å². The smallest absolute Gasteiger partial charge is 0.0679 e. The second-order valence-electron chi connectivity index (χ2n) is 4.84. The van der Waals surface area contributed by atoms with Gasteiger partial charge in [0.1, 0.15) is 0 Å². The molecule has 0 aliphatic carbocycles. The van der Waals surface area contributed by atoms with E-state index in [4.69, 9.17) is 11.6 Å². The fourth-order valence-corrected chi connectivity index (χ4v) is 2.46. The van der Waals surface area contributed by atoms with Crippen molar-refractivity contribution < 1.29 is 0 Å². The summed E-state index contributed by atoms with van der Waals surface area (Å²) in [5.74, 6) is 0. The summed E-state index contributed by atoms with van der Waals surface area (Å²) in [6, 6.07) is 18.1. The van der Waals surface area contributed by atoms with Crippen molar-refractivity contribution in [1.29, 1.82) is 0 Å². The molecule has 0 atom stereocenters. The molecule has 0 bridgehead atoms. The normalized spacial score (nSPS) is 10.5. The first-order chi connectivity index (χ1) is 10.3. The zero-order valence-corrected chi connectivity index (χ0v) is 12.3. The average molecular weight is 298 g/mol. The maximum Gasteiger partial charge on any atom is 0.0679 e. The molecular weight excluding hydrogens is 282 g/mol. The Kier molecular flexibility index (Phi) is 4.22. The van der Waals surface area contributed by atoms with Crippen molar-refractivity contribution in [1.82, 2.24) is 9.78 Å². The Bertz CT molecular complexity index is 708. The summed E-state index contributed by atoms with van der Waals surface area (Å²) < 4.78 is 1.92. The standard InChI is InChI=1S/C17H16ClN3/c18-16-7-3-5-14(11-16)12-19-17-8-2-1-6-15(17)13-21-10-4-9-20-21/h1-11,19H,12-13H2. The predicted octanol–water partition coefficient (Wildman–Crippen LogP) is 4.20. The van der Waals surface area contributed by atoms with Gasteiger partial charge in [-0.1, -0.05) is 41.9 Å². The number of hydrogen-bond donors (Lipinski definition) is 1. The van der Waals surface area contributed by atoms with Crippen LogP contribution < -0.4 is 5.32 Å². The molecule has 3 aromatic rings. The van der Waals surface area contributed by atoms with Crippen LogP contribution in [0.5, 0.6) is 0 Å². The lowest BCUT2D eigenvalue weighted by Crippen LogP contribution is -2.06. The number of halogens is 1. The predicted molar refractivity (Wildman–Crippen MR) is 86.5 cm³/mol. The van der Waals surface area contributed by atoms with E-state index in [0.29, 0.717) is 0 Å². The molecular formula is C17H16ClN3. The SMILES string of the molecule is Clc1cccc(CNc2ccccc2Cn2cccn2)c1. The highest BCUT2D eigenvalue weighted by atomic mass is 35.5. The Hall–Kier alpha value is -2.26. The molecule has 106 valence electrons. The minimum Gasteiger partial charge on any atom is -0.381 e. The number of hydrogen-bond acceptors (Lipinski definition) is 2. The Morgan fingerprint density at radius 2 is 1.95 bits per heavy atom. The number of para-hydroxylation sites is 1. The van der Waals surface area contributed by atoms with Crippen molar-refractivity contribution in [2.75, 3.05) is 5.32 Å². The van der Waals surface area contributed by atoms with Gasteiger partial charge in [0, 0.05) is 29.6 Å². The van der Waals surface area contributed by atoms with Crippen molar-refractivity contribution in [3.8, 4) is 0 Å². The zero-order chi connectivity index (χ0) is 14.5. The van der Waals surface area contributed by atoms with Gasteiger partial charge in [0.2, 0.25) is 0 Å². The van der Waals surface area contributed by atoms with Crippen molar-refractivity contribution >= 4 is 17.3 Å². The Morgan fingerprint density at radius 3 is 2.76 bits per heavy atom. The zero-order valence-electron chi connectivity index (χ0n) is 11.5. The second-order valence-corrected chi connectivity index (χ2v) is 5.28. The highest BCUT2D eigenvalue weighted by Gasteiger charge is 2.03. The van der Waals surface area contributed by atoms with Crippen LogP contribution >= 0.6 is 11.6 Å². The van der Waals surface area contributed by atoms with Crippen LogP contribution in [0.2, 0.25) is 5.02 Å². The van der Waals surface area contributed by atoms with Crippen LogP contribution in [0, 0.1) is 0 Å². The molecule has 3 nitrogen and oxygen atoms in total. The molecule has 0 radical (unpaired) electrons. The van der Waals surface area contributed by atoms with Crippen LogP contribution in [0.15, 0.2) is 67.0 Å². The van der Waals surface area contributed by atoms with E-state index in [1.807, 2.05) is 47.3 Å². The highest BCUT2D eigenvalue weighted by molar-refractivity contribution is 6.30. The highest BCUT2D eigenvalue weighted by Crippen LogP contribution is 2.18. The topological polar surface area (TPSA) is 29.9 Å². The molecule has 0 aliphatic rings. The molecule has 0 saturated heterocycles. The molecule has 1 N–H and O–H groups in total. The van der Waals surface area contributed by atoms with E-state index < -0.39 is 0 Å². The van der Waals surface area contributed by atoms with Crippen LogP contribution in [-0.4, -0.2) is 9.78 Å². The van der Waals surface area contributed by atoms with Gasteiger partial charge >= 0.3 is 0 Å². The fourth-order valence-electron chi connectivity index (χ4n) is 2.24. The van der Waals surface area contributed by atoms with Gasteiger partial charge in [-0.15, -0.1) is 0 Å². The first-order valence-electron chi connectivity index (χ1n) is 6.85. The summed E-state index contributed by atoms with van der Waals surface area (Å²) in [7, 11) is 0. The molecule has 4 heteroatoms. The molecule has 1 aromatic heterocycles. The van der Waals surface area contributed by atoms with Gasteiger partial charge in [-0.3, -0.25) is 4.68 Å². The molecule has 0 saturated carbocycles. The maximum absolute atomic E-state index is 6.01. The van der Waals surface area contributed by atoms with Crippen molar-refractivity contribution in [3.63, 3.8) is 0 Å². The van der Waals surface area contributed by atoms with Crippen molar-refractivity contribution in [2.24, 2.45) is 0 Å². The molecule has 3 rings (SSSR count). The van der Waals surface area contributed by atoms with E-state index >= 15 is 0 Å². The van der Waals surface area contributed by atoms with Crippen LogP contribution in [0.3, 0.4) is 0 Å². The molecule has 0 amide bonds. The lowest BCUT2D eigenvalue weighted by Gasteiger charge is -2.12. The molecule has 21 heavy (non-hydrogen) atoms. The van der Waals surface area contributed by atoms with E-state index in [9.17, 15) is 0 Å². The number of rotatable bonds is 5. The van der Waals surface area contributed by atoms with E-state index in [1.54, 1.807) is 6.20 Å². The van der Waals surface area contributed by atoms with E-state index in [-0.39, 0.29) is 0 Å². The summed E-state index contributed by atoms with van der Waals surface area (Å²) in [4.78, 5) is 0. The number of benzene rings is 2. The summed E-state index contributed by atoms with van der Waals surface area (Å²) >= 11 is 6.01. The lowest BCUT2D eigenvalue weighted by molar-refractivity contribution is 0.687. The third-order valence-corrected chi connectivity index (χ3v) is 3.52. The molecule has 1 heterocycles. The second kappa shape index (κ2) is 6.46. The van der Waals surface area contributed by atoms with Gasteiger partial charge in [0.05, 0.1) is 6.54 Å².